The van der Waals surface area contributed by atoms with E-state index in [0.717, 1.165) is 17.6 Å². The zero-order valence-corrected chi connectivity index (χ0v) is 13.9. The third-order valence-corrected chi connectivity index (χ3v) is 5.69. The van der Waals surface area contributed by atoms with Gasteiger partial charge >= 0.3 is 0 Å². The van der Waals surface area contributed by atoms with E-state index in [4.69, 9.17) is 0 Å². The van der Waals surface area contributed by atoms with Crippen molar-refractivity contribution in [2.24, 2.45) is 0 Å². The lowest BCUT2D eigenvalue weighted by Crippen LogP contribution is -2.45. The quantitative estimate of drug-likeness (QED) is 0.755. The summed E-state index contributed by atoms with van der Waals surface area (Å²) in [6.07, 6.45) is 5.09. The Labute approximate surface area is 141 Å². The Hall–Kier alpha value is -1.81. The van der Waals surface area contributed by atoms with Crippen molar-refractivity contribution in [2.45, 2.75) is 50.6 Å². The highest BCUT2D eigenvalue weighted by Crippen LogP contribution is 2.42. The lowest BCUT2D eigenvalue weighted by molar-refractivity contribution is 0.103. The van der Waals surface area contributed by atoms with Gasteiger partial charge in [0, 0.05) is 17.6 Å². The fourth-order valence-corrected chi connectivity index (χ4v) is 4.19. The summed E-state index contributed by atoms with van der Waals surface area (Å²) in [4.78, 5) is 5.91. The van der Waals surface area contributed by atoms with E-state index >= 15 is 0 Å². The van der Waals surface area contributed by atoms with Gasteiger partial charge in [-0.1, -0.05) is 24.3 Å². The number of hydrogen-bond acceptors (Lipinski definition) is 2. The summed E-state index contributed by atoms with van der Waals surface area (Å²) in [6, 6.07) is 12.1. The van der Waals surface area contributed by atoms with E-state index in [1.807, 2.05) is 12.1 Å². The molecule has 0 bridgehead atoms. The van der Waals surface area contributed by atoms with Gasteiger partial charge in [-0.25, -0.2) is 0 Å². The number of benzene rings is 1. The van der Waals surface area contributed by atoms with Crippen LogP contribution in [0.25, 0.3) is 11.1 Å². The summed E-state index contributed by atoms with van der Waals surface area (Å²) >= 11 is 0. The molecule has 24 heavy (non-hydrogen) atoms. The highest BCUT2D eigenvalue weighted by atomic mass is 19.1. The van der Waals surface area contributed by atoms with Crippen LogP contribution in [0.1, 0.15) is 44.1 Å². The number of hydrogen-bond donors (Lipinski definition) is 0. The molecule has 1 aliphatic carbocycles. The van der Waals surface area contributed by atoms with Crippen molar-refractivity contribution < 1.29 is 8.78 Å². The van der Waals surface area contributed by atoms with Gasteiger partial charge in [0.05, 0.1) is 0 Å². The van der Waals surface area contributed by atoms with Gasteiger partial charge in [0.25, 0.3) is 0 Å². The highest BCUT2D eigenvalue weighted by Gasteiger charge is 2.37. The smallest absolute Gasteiger partial charge is 0.223 e. The van der Waals surface area contributed by atoms with Crippen molar-refractivity contribution in [3.8, 4) is 11.1 Å². The van der Waals surface area contributed by atoms with Crippen molar-refractivity contribution in [1.82, 2.24) is 9.88 Å². The van der Waals surface area contributed by atoms with Crippen LogP contribution in [0.5, 0.6) is 0 Å². The minimum Gasteiger partial charge on any atom is -0.298 e. The number of halogens is 2. The minimum absolute atomic E-state index is 0.348. The van der Waals surface area contributed by atoms with E-state index in [1.165, 1.54) is 49.9 Å². The van der Waals surface area contributed by atoms with Crippen LogP contribution in [0.4, 0.5) is 8.78 Å². The van der Waals surface area contributed by atoms with Gasteiger partial charge in [0.2, 0.25) is 11.9 Å². The van der Waals surface area contributed by atoms with Crippen LogP contribution >= 0.6 is 0 Å². The molecule has 1 saturated heterocycles. The van der Waals surface area contributed by atoms with Crippen LogP contribution in [0.3, 0.4) is 0 Å². The van der Waals surface area contributed by atoms with Crippen LogP contribution in [-0.2, 0) is 0 Å². The predicted octanol–water partition coefficient (Wildman–Crippen LogP) is 4.76. The van der Waals surface area contributed by atoms with Gasteiger partial charge in [0.15, 0.2) is 0 Å². The molecule has 2 nitrogen and oxygen atoms in total. The molecule has 2 fully saturated rings. The third kappa shape index (κ3) is 2.84. The summed E-state index contributed by atoms with van der Waals surface area (Å²) in [5, 5.41) is 0. The van der Waals surface area contributed by atoms with Gasteiger partial charge in [-0.15, -0.1) is 0 Å². The maximum atomic E-state index is 13.8. The summed E-state index contributed by atoms with van der Waals surface area (Å²) in [5.41, 5.74) is 2.41. The van der Waals surface area contributed by atoms with Crippen LogP contribution < -0.4 is 0 Å². The van der Waals surface area contributed by atoms with E-state index in [-0.39, 0.29) is 0 Å². The predicted molar refractivity (Wildman–Crippen MR) is 90.8 cm³/mol. The molecule has 1 aromatic carbocycles. The Bertz CT molecular complexity index is 723. The molecule has 4 rings (SSSR count). The van der Waals surface area contributed by atoms with Crippen molar-refractivity contribution in [3.05, 3.63) is 53.9 Å². The summed E-state index contributed by atoms with van der Waals surface area (Å²) in [7, 11) is 0. The lowest BCUT2D eigenvalue weighted by atomic mass is 9.74. The van der Waals surface area contributed by atoms with E-state index in [1.54, 1.807) is 0 Å². The SMILES string of the molecule is C[C@@H]1CCCN1[C@H]1C[C@H](c2ccc(-c3ccc(F)nc3F)cc2)C1. The Kier molecular flexibility index (Phi) is 4.09. The molecule has 4 heteroatoms. The fraction of sp³-hybridized carbons (Fsp3) is 0.450. The number of likely N-dealkylation sites (tertiary alicyclic amines) is 1. The first kappa shape index (κ1) is 15.7. The summed E-state index contributed by atoms with van der Waals surface area (Å²) in [6.45, 7) is 3.58. The topological polar surface area (TPSA) is 16.1 Å². The molecule has 0 N–H and O–H groups in total. The van der Waals surface area contributed by atoms with Crippen molar-refractivity contribution in [2.75, 3.05) is 6.54 Å². The number of pyridine rings is 1. The maximum Gasteiger partial charge on any atom is 0.223 e. The number of rotatable bonds is 3. The zero-order valence-electron chi connectivity index (χ0n) is 13.9. The highest BCUT2D eigenvalue weighted by molar-refractivity contribution is 5.63. The Morgan fingerprint density at radius 2 is 1.79 bits per heavy atom. The molecule has 2 aromatic rings. The van der Waals surface area contributed by atoms with E-state index < -0.39 is 11.9 Å². The van der Waals surface area contributed by atoms with Gasteiger partial charge < -0.3 is 0 Å². The van der Waals surface area contributed by atoms with Crippen LogP contribution in [-0.4, -0.2) is 28.5 Å². The maximum absolute atomic E-state index is 13.8. The van der Waals surface area contributed by atoms with Gasteiger partial charge in [0.1, 0.15) is 0 Å². The van der Waals surface area contributed by atoms with Crippen LogP contribution in [0.15, 0.2) is 36.4 Å². The average Bonchev–Trinajstić information content (AvgIpc) is 2.93. The molecule has 1 saturated carbocycles. The summed E-state index contributed by atoms with van der Waals surface area (Å²) < 4.78 is 26.7. The molecule has 1 aromatic heterocycles. The number of nitrogens with zero attached hydrogens (tertiary/aromatic N) is 2. The molecule has 2 aliphatic rings. The Morgan fingerprint density at radius 3 is 2.42 bits per heavy atom. The molecule has 2 heterocycles. The monoisotopic (exact) mass is 328 g/mol. The van der Waals surface area contributed by atoms with E-state index in [9.17, 15) is 8.78 Å². The fourth-order valence-electron chi connectivity index (χ4n) is 4.19. The third-order valence-electron chi connectivity index (χ3n) is 5.69. The van der Waals surface area contributed by atoms with Gasteiger partial charge in [-0.05, 0) is 68.3 Å². The molecule has 0 radical (unpaired) electrons. The molecular formula is C20H22F2N2. The average molecular weight is 328 g/mol. The lowest BCUT2D eigenvalue weighted by Gasteiger charge is -2.43. The normalized spacial score (nSPS) is 27.2. The second-order valence-corrected chi connectivity index (χ2v) is 7.15. The van der Waals surface area contributed by atoms with Crippen molar-refractivity contribution >= 4 is 0 Å². The van der Waals surface area contributed by atoms with Crippen molar-refractivity contribution in [3.63, 3.8) is 0 Å². The summed E-state index contributed by atoms with van der Waals surface area (Å²) in [5.74, 6) is -0.938. The van der Waals surface area contributed by atoms with Gasteiger partial charge in [-0.3, -0.25) is 4.90 Å². The largest absolute Gasteiger partial charge is 0.298 e. The zero-order chi connectivity index (χ0) is 16.7. The van der Waals surface area contributed by atoms with E-state index in [2.05, 4.69) is 28.9 Å². The second kappa shape index (κ2) is 6.25. The molecule has 0 spiro atoms. The molecular weight excluding hydrogens is 306 g/mol. The number of aromatic nitrogens is 1. The molecule has 0 amide bonds. The molecule has 0 unspecified atom stereocenters. The Balaban J connectivity index is 1.43. The van der Waals surface area contributed by atoms with Crippen molar-refractivity contribution in [1.29, 1.82) is 0 Å². The van der Waals surface area contributed by atoms with E-state index in [0.29, 0.717) is 11.5 Å². The second-order valence-electron chi connectivity index (χ2n) is 7.15. The first-order valence-electron chi connectivity index (χ1n) is 8.80. The van der Waals surface area contributed by atoms with Crippen LogP contribution in [0, 0.1) is 11.9 Å². The Morgan fingerprint density at radius 1 is 1.04 bits per heavy atom. The van der Waals surface area contributed by atoms with Crippen LogP contribution in [0.2, 0.25) is 0 Å². The first-order valence-corrected chi connectivity index (χ1v) is 8.80. The minimum atomic E-state index is -0.787. The molecule has 126 valence electrons. The molecule has 1 aliphatic heterocycles. The molecule has 1 atom stereocenters. The van der Waals surface area contributed by atoms with Gasteiger partial charge in [-0.2, -0.15) is 13.8 Å². The standard InChI is InChI=1S/C20H22F2N2/c1-13-3-2-10-24(13)17-11-16(12-17)14-4-6-15(7-5-14)18-8-9-19(21)23-20(18)22/h4-9,13,16-17H,2-3,10-12H2,1H3/t13-,16-,17-/m1/s1. The first-order chi connectivity index (χ1) is 11.6.